The van der Waals surface area contributed by atoms with Crippen LogP contribution in [0.1, 0.15) is 24.1 Å². The van der Waals surface area contributed by atoms with Crippen molar-refractivity contribution < 1.29 is 18.3 Å². The summed E-state index contributed by atoms with van der Waals surface area (Å²) in [6, 6.07) is 13.0. The van der Waals surface area contributed by atoms with Crippen molar-refractivity contribution in [3.63, 3.8) is 0 Å². The average Bonchev–Trinajstić information content (AvgIpc) is 2.54. The second-order valence-electron chi connectivity index (χ2n) is 4.77. The van der Waals surface area contributed by atoms with Crippen LogP contribution in [0.4, 0.5) is 8.78 Å². The van der Waals surface area contributed by atoms with Crippen molar-refractivity contribution in [1.82, 2.24) is 0 Å². The molecule has 0 heterocycles. The summed E-state index contributed by atoms with van der Waals surface area (Å²) in [5, 5.41) is 0. The fourth-order valence-electron chi connectivity index (χ4n) is 2.00. The zero-order chi connectivity index (χ0) is 15.9. The summed E-state index contributed by atoms with van der Waals surface area (Å²) < 4.78 is 36.6. The molecule has 0 saturated carbocycles. The molecule has 6 heteroatoms. The van der Waals surface area contributed by atoms with Gasteiger partial charge in [-0.05, 0) is 30.2 Å². The zero-order valence-electron chi connectivity index (χ0n) is 12.7. The topological polar surface area (TPSA) is 44.5 Å². The number of alkyl halides is 2. The van der Waals surface area contributed by atoms with E-state index in [4.69, 9.17) is 15.2 Å². The highest BCUT2D eigenvalue weighted by molar-refractivity contribution is 5.85. The van der Waals surface area contributed by atoms with Crippen LogP contribution in [0.25, 0.3) is 0 Å². The van der Waals surface area contributed by atoms with Crippen LogP contribution in [-0.4, -0.2) is 13.0 Å². The largest absolute Gasteiger partial charge is 0.490 e. The third kappa shape index (κ3) is 5.37. The van der Waals surface area contributed by atoms with Crippen LogP contribution in [0.3, 0.4) is 0 Å². The molecule has 126 valence electrons. The van der Waals surface area contributed by atoms with Gasteiger partial charge in [0.2, 0.25) is 0 Å². The smallest absolute Gasteiger partial charge is 0.257 e. The van der Waals surface area contributed by atoms with Gasteiger partial charge in [-0.3, -0.25) is 0 Å². The van der Waals surface area contributed by atoms with Crippen LogP contribution >= 0.6 is 12.4 Å². The third-order valence-corrected chi connectivity index (χ3v) is 3.16. The Morgan fingerprint density at radius 3 is 2.30 bits per heavy atom. The minimum absolute atomic E-state index is 0. The summed E-state index contributed by atoms with van der Waals surface area (Å²) in [5.74, 6) is 0.933. The molecule has 0 saturated heterocycles. The minimum atomic E-state index is -2.62. The molecule has 2 rings (SSSR count). The first kappa shape index (κ1) is 19.2. The lowest BCUT2D eigenvalue weighted by Gasteiger charge is -2.16. The van der Waals surface area contributed by atoms with Crippen molar-refractivity contribution >= 4 is 12.4 Å². The standard InChI is InChI=1S/C17H19F2NO2.ClH/c1-2-21-15-10-13(16(20)17(18)19)8-9-14(15)22-11-12-6-4-3-5-7-12;/h3-10,16-17H,2,11,20H2,1H3;1H/t16-;/m1./s1. The molecule has 0 amide bonds. The van der Waals surface area contributed by atoms with Crippen LogP contribution in [0.5, 0.6) is 11.5 Å². The predicted octanol–water partition coefficient (Wildman–Crippen LogP) is 4.35. The first-order valence-corrected chi connectivity index (χ1v) is 7.09. The number of nitrogens with two attached hydrogens (primary N) is 1. The van der Waals surface area contributed by atoms with Gasteiger partial charge in [-0.1, -0.05) is 36.4 Å². The van der Waals surface area contributed by atoms with Crippen LogP contribution < -0.4 is 15.2 Å². The summed E-state index contributed by atoms with van der Waals surface area (Å²) >= 11 is 0. The fourth-order valence-corrected chi connectivity index (χ4v) is 2.00. The third-order valence-electron chi connectivity index (χ3n) is 3.16. The maximum Gasteiger partial charge on any atom is 0.257 e. The van der Waals surface area contributed by atoms with E-state index in [-0.39, 0.29) is 12.4 Å². The summed E-state index contributed by atoms with van der Waals surface area (Å²) in [7, 11) is 0. The van der Waals surface area contributed by atoms with Gasteiger partial charge in [0.15, 0.2) is 11.5 Å². The van der Waals surface area contributed by atoms with Crippen molar-refractivity contribution in [2.24, 2.45) is 5.73 Å². The molecule has 2 aromatic rings. The van der Waals surface area contributed by atoms with Crippen LogP contribution in [0, 0.1) is 0 Å². The summed E-state index contributed by atoms with van der Waals surface area (Å²) in [5.41, 5.74) is 6.81. The number of rotatable bonds is 7. The molecule has 2 aromatic carbocycles. The van der Waals surface area contributed by atoms with Gasteiger partial charge >= 0.3 is 0 Å². The molecule has 0 unspecified atom stereocenters. The molecule has 0 aliphatic heterocycles. The van der Waals surface area contributed by atoms with Crippen molar-refractivity contribution in [3.05, 3.63) is 59.7 Å². The van der Waals surface area contributed by atoms with Crippen LogP contribution in [0.15, 0.2) is 48.5 Å². The van der Waals surface area contributed by atoms with Crippen LogP contribution in [-0.2, 0) is 6.61 Å². The van der Waals surface area contributed by atoms with Gasteiger partial charge in [-0.25, -0.2) is 8.78 Å². The van der Waals surface area contributed by atoms with E-state index in [1.165, 1.54) is 6.07 Å². The zero-order valence-corrected chi connectivity index (χ0v) is 13.6. The first-order valence-electron chi connectivity index (χ1n) is 7.09. The quantitative estimate of drug-likeness (QED) is 0.812. The monoisotopic (exact) mass is 343 g/mol. The maximum absolute atomic E-state index is 12.7. The van der Waals surface area contributed by atoms with E-state index in [0.29, 0.717) is 30.3 Å². The van der Waals surface area contributed by atoms with E-state index in [9.17, 15) is 8.78 Å². The fraction of sp³-hybridized carbons (Fsp3) is 0.294. The molecule has 0 aliphatic carbocycles. The van der Waals surface area contributed by atoms with E-state index in [1.807, 2.05) is 37.3 Å². The Labute approximate surface area is 140 Å². The maximum atomic E-state index is 12.7. The molecule has 0 bridgehead atoms. The molecule has 23 heavy (non-hydrogen) atoms. The summed E-state index contributed by atoms with van der Waals surface area (Å²) in [4.78, 5) is 0. The lowest BCUT2D eigenvalue weighted by molar-refractivity contribution is 0.116. The number of ether oxygens (including phenoxy) is 2. The van der Waals surface area contributed by atoms with E-state index in [0.717, 1.165) is 5.56 Å². The van der Waals surface area contributed by atoms with Gasteiger partial charge < -0.3 is 15.2 Å². The highest BCUT2D eigenvalue weighted by Crippen LogP contribution is 2.32. The predicted molar refractivity (Wildman–Crippen MR) is 88.6 cm³/mol. The number of halogens is 3. The molecule has 1 atom stereocenters. The first-order chi connectivity index (χ1) is 10.6. The lowest BCUT2D eigenvalue weighted by Crippen LogP contribution is -2.19. The van der Waals surface area contributed by atoms with E-state index < -0.39 is 12.5 Å². The Hall–Kier alpha value is -1.85. The SMILES string of the molecule is CCOc1cc([C@@H](N)C(F)F)ccc1OCc1ccccc1.Cl. The van der Waals surface area contributed by atoms with Crippen molar-refractivity contribution in [3.8, 4) is 11.5 Å². The van der Waals surface area contributed by atoms with E-state index in [2.05, 4.69) is 0 Å². The van der Waals surface area contributed by atoms with Gasteiger partial charge in [0, 0.05) is 0 Å². The van der Waals surface area contributed by atoms with Gasteiger partial charge in [-0.2, -0.15) is 0 Å². The molecule has 0 fully saturated rings. The Balaban J connectivity index is 0.00000264. The normalized spacial score (nSPS) is 11.7. The van der Waals surface area contributed by atoms with Crippen molar-refractivity contribution in [1.29, 1.82) is 0 Å². The lowest BCUT2D eigenvalue weighted by atomic mass is 10.1. The highest BCUT2D eigenvalue weighted by atomic mass is 35.5. The second-order valence-corrected chi connectivity index (χ2v) is 4.77. The summed E-state index contributed by atoms with van der Waals surface area (Å²) in [6.45, 7) is 2.61. The Kier molecular flexibility index (Phi) is 7.78. The molecule has 2 N–H and O–H groups in total. The van der Waals surface area contributed by atoms with Gasteiger partial charge in [0.1, 0.15) is 6.61 Å². The molecule has 0 aromatic heterocycles. The average molecular weight is 344 g/mol. The number of hydrogen-bond acceptors (Lipinski definition) is 3. The molecule has 0 radical (unpaired) electrons. The van der Waals surface area contributed by atoms with Crippen LogP contribution in [0.2, 0.25) is 0 Å². The summed E-state index contributed by atoms with van der Waals surface area (Å²) in [6.07, 6.45) is -2.62. The van der Waals surface area contributed by atoms with Gasteiger partial charge in [0.05, 0.1) is 12.6 Å². The minimum Gasteiger partial charge on any atom is -0.490 e. The number of benzene rings is 2. The number of hydrogen-bond donors (Lipinski definition) is 1. The van der Waals surface area contributed by atoms with E-state index >= 15 is 0 Å². The van der Waals surface area contributed by atoms with Crippen molar-refractivity contribution in [2.75, 3.05) is 6.61 Å². The highest BCUT2D eigenvalue weighted by Gasteiger charge is 2.19. The van der Waals surface area contributed by atoms with E-state index in [1.54, 1.807) is 12.1 Å². The Morgan fingerprint density at radius 1 is 1.00 bits per heavy atom. The Bertz CT molecular complexity index is 596. The van der Waals surface area contributed by atoms with Gasteiger partial charge in [0.25, 0.3) is 6.43 Å². The molecular formula is C17H20ClF2NO2. The van der Waals surface area contributed by atoms with Crippen molar-refractivity contribution in [2.45, 2.75) is 26.0 Å². The Morgan fingerprint density at radius 2 is 1.70 bits per heavy atom. The van der Waals surface area contributed by atoms with Gasteiger partial charge in [-0.15, -0.1) is 12.4 Å². The molecular weight excluding hydrogens is 324 g/mol. The molecule has 0 aliphatic rings. The second kappa shape index (κ2) is 9.33. The molecule has 3 nitrogen and oxygen atoms in total. The molecule has 0 spiro atoms.